The Balaban J connectivity index is 1.57. The van der Waals surface area contributed by atoms with E-state index in [-0.39, 0.29) is 0 Å². The summed E-state index contributed by atoms with van der Waals surface area (Å²) in [5.41, 5.74) is 2.60. The molecule has 54 heavy (non-hydrogen) atoms. The molecule has 5 aromatic rings. The molecule has 0 unspecified atom stereocenters. The van der Waals surface area contributed by atoms with Gasteiger partial charge in [0.15, 0.2) is 0 Å². The molecule has 0 aliphatic carbocycles. The van der Waals surface area contributed by atoms with Gasteiger partial charge >= 0.3 is 0 Å². The fourth-order valence-corrected chi connectivity index (χ4v) is 7.70. The zero-order chi connectivity index (χ0) is 38.5. The molecule has 0 amide bonds. The first-order valence-electron chi connectivity index (χ1n) is 18.0. The maximum absolute atomic E-state index is 14.0. The average molecular weight is 769 g/mol. The number of nitriles is 2. The minimum absolute atomic E-state index is 0.328. The number of hydrogen-bond acceptors (Lipinski definition) is 6. The van der Waals surface area contributed by atoms with E-state index in [2.05, 4.69) is 26.0 Å². The normalized spacial score (nSPS) is 11.7. The third-order valence-corrected chi connectivity index (χ3v) is 10.9. The number of benzene rings is 3. The molecule has 0 radical (unpaired) electrons. The van der Waals surface area contributed by atoms with Crippen LogP contribution in [0.3, 0.4) is 0 Å². The largest absolute Gasteiger partial charge is 0.493 e. The standard InChI is InChI=1S/C44H40F4N2O2S2/c1-3-5-7-9-15-51-39-23-30(18-34(28-50)44-14-12-42(54-44)32-21-37(47)26-38(48)22-32)40(52-16-10-8-6-4-2)24-29(39)17-33(27-49)43-13-11-41(53-43)31-19-35(45)25-36(46)20-31/h11-14,17-26H,3-10,15-16H2,1-2H3/b33-17+,34-18+. The minimum Gasteiger partial charge on any atom is -0.493 e. The van der Waals surface area contributed by atoms with Crippen molar-refractivity contribution in [1.82, 2.24) is 0 Å². The molecular weight excluding hydrogens is 729 g/mol. The predicted molar refractivity (Wildman–Crippen MR) is 212 cm³/mol. The van der Waals surface area contributed by atoms with Gasteiger partial charge in [0, 0.05) is 42.8 Å². The summed E-state index contributed by atoms with van der Waals surface area (Å²) in [5, 5.41) is 20.6. The highest BCUT2D eigenvalue weighted by molar-refractivity contribution is 7.17. The second kappa shape index (κ2) is 19.8. The monoisotopic (exact) mass is 768 g/mol. The van der Waals surface area contributed by atoms with Crippen molar-refractivity contribution >= 4 is 46.0 Å². The van der Waals surface area contributed by atoms with E-state index in [0.717, 1.165) is 63.5 Å². The van der Waals surface area contributed by atoms with E-state index in [1.54, 1.807) is 36.4 Å². The molecule has 4 nitrogen and oxygen atoms in total. The summed E-state index contributed by atoms with van der Waals surface area (Å²) in [6, 6.07) is 21.8. The van der Waals surface area contributed by atoms with E-state index in [4.69, 9.17) is 9.47 Å². The third kappa shape index (κ3) is 10.9. The summed E-state index contributed by atoms with van der Waals surface area (Å²) in [6.45, 7) is 5.13. The highest BCUT2D eigenvalue weighted by Crippen LogP contribution is 2.39. The number of allylic oxidation sites excluding steroid dienone is 2. The van der Waals surface area contributed by atoms with Gasteiger partial charge in [-0.2, -0.15) is 10.5 Å². The number of rotatable bonds is 18. The molecule has 278 valence electrons. The van der Waals surface area contributed by atoms with E-state index in [1.807, 2.05) is 12.1 Å². The Labute approximate surface area is 322 Å². The molecule has 0 bridgehead atoms. The molecule has 0 saturated heterocycles. The smallest absolute Gasteiger partial charge is 0.127 e. The van der Waals surface area contributed by atoms with Crippen LogP contribution in [0.25, 0.3) is 44.2 Å². The van der Waals surface area contributed by atoms with Crippen LogP contribution >= 0.6 is 22.7 Å². The molecule has 0 spiro atoms. The lowest BCUT2D eigenvalue weighted by atomic mass is 10.0. The molecule has 0 aliphatic heterocycles. The van der Waals surface area contributed by atoms with Gasteiger partial charge < -0.3 is 9.47 Å². The zero-order valence-corrected chi connectivity index (χ0v) is 31.8. The lowest BCUT2D eigenvalue weighted by Gasteiger charge is -2.16. The fourth-order valence-electron chi connectivity index (χ4n) is 5.78. The SMILES string of the molecule is CCCCCCOc1cc(/C=C(\C#N)c2ccc(-c3cc(F)cc(F)c3)s2)c(OCCCCCC)cc1/C=C(\C#N)c1ccc(-c2cc(F)cc(F)c2)s1. The van der Waals surface area contributed by atoms with Crippen molar-refractivity contribution in [3.63, 3.8) is 0 Å². The van der Waals surface area contributed by atoms with Gasteiger partial charge in [0.05, 0.1) is 24.4 Å². The fraction of sp³-hybridized carbons (Fsp3) is 0.273. The lowest BCUT2D eigenvalue weighted by Crippen LogP contribution is -2.03. The highest BCUT2D eigenvalue weighted by Gasteiger charge is 2.17. The summed E-state index contributed by atoms with van der Waals surface area (Å²) in [4.78, 5) is 2.43. The van der Waals surface area contributed by atoms with Gasteiger partial charge in [0.2, 0.25) is 0 Å². The summed E-state index contributed by atoms with van der Waals surface area (Å²) in [5.74, 6) is -1.76. The van der Waals surface area contributed by atoms with Gasteiger partial charge in [0.1, 0.15) is 46.9 Å². The predicted octanol–water partition coefficient (Wildman–Crippen LogP) is 13.7. The van der Waals surface area contributed by atoms with Crippen LogP contribution in [0.4, 0.5) is 17.6 Å². The van der Waals surface area contributed by atoms with Crippen molar-refractivity contribution < 1.29 is 27.0 Å². The van der Waals surface area contributed by atoms with Crippen molar-refractivity contribution in [2.24, 2.45) is 0 Å². The Kier molecular flexibility index (Phi) is 14.7. The Morgan fingerprint density at radius 2 is 0.944 bits per heavy atom. The second-order valence-corrected chi connectivity index (χ2v) is 14.9. The van der Waals surface area contributed by atoms with E-state index in [0.29, 0.717) is 77.6 Å². The van der Waals surface area contributed by atoms with Crippen molar-refractivity contribution in [3.8, 4) is 44.5 Å². The number of thiophene rings is 2. The van der Waals surface area contributed by atoms with Crippen LogP contribution in [0, 0.1) is 45.9 Å². The van der Waals surface area contributed by atoms with Crippen LogP contribution in [-0.2, 0) is 0 Å². The summed E-state index contributed by atoms with van der Waals surface area (Å²) in [7, 11) is 0. The number of ether oxygens (including phenoxy) is 2. The molecule has 2 aromatic heterocycles. The number of halogens is 4. The minimum atomic E-state index is -0.686. The summed E-state index contributed by atoms with van der Waals surface area (Å²) >= 11 is 2.49. The first-order valence-corrected chi connectivity index (χ1v) is 19.6. The Morgan fingerprint density at radius 1 is 0.556 bits per heavy atom. The molecule has 0 N–H and O–H groups in total. The van der Waals surface area contributed by atoms with Crippen molar-refractivity contribution in [2.45, 2.75) is 65.2 Å². The third-order valence-electron chi connectivity index (χ3n) is 8.53. The molecular formula is C44H40F4N2O2S2. The Hall–Kier alpha value is -5.16. The van der Waals surface area contributed by atoms with Crippen molar-refractivity contribution in [2.75, 3.05) is 13.2 Å². The van der Waals surface area contributed by atoms with Crippen LogP contribution in [0.1, 0.15) is 86.1 Å². The molecule has 3 aromatic carbocycles. The second-order valence-electron chi connectivity index (χ2n) is 12.7. The molecule has 10 heteroatoms. The van der Waals surface area contributed by atoms with Gasteiger partial charge in [-0.25, -0.2) is 17.6 Å². The number of unbranched alkanes of at least 4 members (excludes halogenated alkanes) is 6. The molecule has 0 saturated carbocycles. The molecule has 2 heterocycles. The Morgan fingerprint density at radius 3 is 1.30 bits per heavy atom. The van der Waals surface area contributed by atoms with Crippen LogP contribution in [-0.4, -0.2) is 13.2 Å². The van der Waals surface area contributed by atoms with Crippen LogP contribution in [0.2, 0.25) is 0 Å². The number of hydrogen-bond donors (Lipinski definition) is 0. The first kappa shape index (κ1) is 40.0. The molecule has 0 fully saturated rings. The highest BCUT2D eigenvalue weighted by atomic mass is 32.1. The average Bonchev–Trinajstić information content (AvgIpc) is 3.84. The summed E-state index contributed by atoms with van der Waals surface area (Å²) in [6.07, 6.45) is 11.3. The van der Waals surface area contributed by atoms with Gasteiger partial charge in [-0.15, -0.1) is 22.7 Å². The van der Waals surface area contributed by atoms with Gasteiger partial charge in [-0.05, 0) is 96.8 Å². The first-order chi connectivity index (χ1) is 26.2. The molecule has 5 rings (SSSR count). The van der Waals surface area contributed by atoms with Crippen LogP contribution in [0.15, 0.2) is 72.8 Å². The van der Waals surface area contributed by atoms with E-state index in [1.165, 1.54) is 46.9 Å². The van der Waals surface area contributed by atoms with Gasteiger partial charge in [-0.3, -0.25) is 0 Å². The van der Waals surface area contributed by atoms with Crippen LogP contribution < -0.4 is 9.47 Å². The number of nitrogens with zero attached hydrogens (tertiary/aromatic N) is 2. The van der Waals surface area contributed by atoms with Gasteiger partial charge in [0.25, 0.3) is 0 Å². The van der Waals surface area contributed by atoms with Crippen molar-refractivity contribution in [3.05, 3.63) is 117 Å². The topological polar surface area (TPSA) is 66.0 Å². The quantitative estimate of drug-likeness (QED) is 0.0506. The van der Waals surface area contributed by atoms with E-state index in [9.17, 15) is 28.1 Å². The van der Waals surface area contributed by atoms with Crippen molar-refractivity contribution in [1.29, 1.82) is 10.5 Å². The van der Waals surface area contributed by atoms with Crippen LogP contribution in [0.5, 0.6) is 11.5 Å². The maximum atomic E-state index is 14.0. The van der Waals surface area contributed by atoms with E-state index >= 15 is 0 Å². The summed E-state index contributed by atoms with van der Waals surface area (Å²) < 4.78 is 68.7. The maximum Gasteiger partial charge on any atom is 0.127 e. The molecule has 0 aliphatic rings. The Bertz CT molecular complexity index is 2010. The van der Waals surface area contributed by atoms with E-state index < -0.39 is 23.3 Å². The lowest BCUT2D eigenvalue weighted by molar-refractivity contribution is 0.296. The zero-order valence-electron chi connectivity index (χ0n) is 30.2. The van der Waals surface area contributed by atoms with Gasteiger partial charge in [-0.1, -0.05) is 52.4 Å². The molecule has 0 atom stereocenters.